The van der Waals surface area contributed by atoms with Crippen molar-refractivity contribution in [2.24, 2.45) is 18.9 Å². The van der Waals surface area contributed by atoms with Gasteiger partial charge in [0, 0.05) is 11.6 Å². The molecule has 0 radical (unpaired) electrons. The Kier molecular flexibility index (Phi) is 4.91. The third kappa shape index (κ3) is 3.41. The largest absolute Gasteiger partial charge is 0.220 e. The maximum Gasteiger partial charge on any atom is 0.220 e. The van der Waals surface area contributed by atoms with Gasteiger partial charge in [0.2, 0.25) is 5.69 Å². The minimum atomic E-state index is 0.781. The summed E-state index contributed by atoms with van der Waals surface area (Å²) in [7, 11) is 2.18. The predicted molar refractivity (Wildman–Crippen MR) is 138 cm³/mol. The zero-order chi connectivity index (χ0) is 22.7. The van der Waals surface area contributed by atoms with Crippen molar-refractivity contribution in [2.75, 3.05) is 0 Å². The van der Waals surface area contributed by atoms with E-state index in [-0.39, 0.29) is 0 Å². The minimum Gasteiger partial charge on any atom is -0.200 e. The molecule has 2 saturated carbocycles. The minimum absolute atomic E-state index is 0.781. The molecule has 0 amide bonds. The Morgan fingerprint density at radius 3 is 2.30 bits per heavy atom. The van der Waals surface area contributed by atoms with Gasteiger partial charge in [0.15, 0.2) is 6.20 Å². The summed E-state index contributed by atoms with van der Waals surface area (Å²) >= 11 is 0. The highest BCUT2D eigenvalue weighted by molar-refractivity contribution is 5.94. The average Bonchev–Trinajstić information content (AvgIpc) is 3.43. The summed E-state index contributed by atoms with van der Waals surface area (Å²) < 4.78 is 2.29. The lowest BCUT2D eigenvalue weighted by atomic mass is 9.82. The summed E-state index contributed by atoms with van der Waals surface area (Å²) in [5, 5.41) is 2.73. The smallest absolute Gasteiger partial charge is 0.200 e. The predicted octanol–water partition coefficient (Wildman–Crippen LogP) is 7.83. The van der Waals surface area contributed by atoms with Crippen LogP contribution in [0.3, 0.4) is 0 Å². The molecule has 3 unspecified atom stereocenters. The molecular weight excluding hydrogens is 398 g/mol. The van der Waals surface area contributed by atoms with Crippen molar-refractivity contribution in [1.82, 2.24) is 0 Å². The lowest BCUT2D eigenvalue weighted by molar-refractivity contribution is -0.659. The average molecular weight is 433 g/mol. The van der Waals surface area contributed by atoms with Crippen LogP contribution in [0.5, 0.6) is 0 Å². The number of nitrogens with zero attached hydrogens (tertiary/aromatic N) is 1. The van der Waals surface area contributed by atoms with E-state index < -0.39 is 0 Å². The molecule has 33 heavy (non-hydrogen) atoms. The van der Waals surface area contributed by atoms with Crippen molar-refractivity contribution in [2.45, 2.75) is 52.4 Å². The Bertz CT molecular complexity index is 1360. The number of hydrogen-bond acceptors (Lipinski definition) is 0. The molecule has 4 aromatic rings. The van der Waals surface area contributed by atoms with E-state index in [2.05, 4.69) is 99.2 Å². The fourth-order valence-corrected chi connectivity index (χ4v) is 6.96. The van der Waals surface area contributed by atoms with E-state index >= 15 is 0 Å². The highest BCUT2D eigenvalue weighted by Crippen LogP contribution is 2.53. The van der Waals surface area contributed by atoms with Crippen LogP contribution in [0.2, 0.25) is 0 Å². The summed E-state index contributed by atoms with van der Waals surface area (Å²) in [6.07, 6.45) is 8.01. The van der Waals surface area contributed by atoms with Crippen LogP contribution in [-0.2, 0) is 7.05 Å². The van der Waals surface area contributed by atoms with Gasteiger partial charge in [-0.3, -0.25) is 0 Å². The molecule has 1 heteroatoms. The first-order chi connectivity index (χ1) is 16.0. The van der Waals surface area contributed by atoms with E-state index in [0.29, 0.717) is 0 Å². The van der Waals surface area contributed by atoms with Gasteiger partial charge in [0.1, 0.15) is 7.05 Å². The molecule has 1 heterocycles. The van der Waals surface area contributed by atoms with Gasteiger partial charge >= 0.3 is 0 Å². The van der Waals surface area contributed by atoms with E-state index in [9.17, 15) is 0 Å². The molecule has 3 atom stereocenters. The van der Waals surface area contributed by atoms with Gasteiger partial charge in [-0.1, -0.05) is 48.9 Å². The first-order valence-corrected chi connectivity index (χ1v) is 12.6. The lowest BCUT2D eigenvalue weighted by Crippen LogP contribution is -2.30. The quantitative estimate of drug-likeness (QED) is 0.290. The Morgan fingerprint density at radius 1 is 0.788 bits per heavy atom. The molecule has 166 valence electrons. The highest BCUT2D eigenvalue weighted by Gasteiger charge is 2.40. The number of fused-ring (bicyclic) bond motifs is 3. The van der Waals surface area contributed by atoms with Crippen molar-refractivity contribution in [3.8, 4) is 22.4 Å². The molecule has 6 rings (SSSR count). The molecule has 2 aliphatic rings. The van der Waals surface area contributed by atoms with Crippen LogP contribution in [-0.4, -0.2) is 0 Å². The molecule has 0 spiro atoms. The second-order valence-corrected chi connectivity index (χ2v) is 10.7. The van der Waals surface area contributed by atoms with E-state index in [0.717, 1.165) is 17.8 Å². The fraction of sp³-hybridized carbons (Fsp3) is 0.344. The van der Waals surface area contributed by atoms with Crippen LogP contribution in [0, 0.1) is 32.6 Å². The third-order valence-corrected chi connectivity index (χ3v) is 8.58. The zero-order valence-electron chi connectivity index (χ0n) is 20.4. The second kappa shape index (κ2) is 7.83. The number of aromatic nitrogens is 1. The molecule has 2 bridgehead atoms. The Hall–Kier alpha value is -2.93. The van der Waals surface area contributed by atoms with Gasteiger partial charge in [-0.15, -0.1) is 0 Å². The fourth-order valence-electron chi connectivity index (χ4n) is 6.96. The van der Waals surface area contributed by atoms with E-state index in [4.69, 9.17) is 0 Å². The number of hydrogen-bond donors (Lipinski definition) is 0. The van der Waals surface area contributed by atoms with Gasteiger partial charge in [0.25, 0.3) is 0 Å². The van der Waals surface area contributed by atoms with E-state index in [1.807, 2.05) is 0 Å². The van der Waals surface area contributed by atoms with E-state index in [1.54, 1.807) is 5.56 Å². The topological polar surface area (TPSA) is 3.88 Å². The molecule has 0 N–H and O–H groups in total. The van der Waals surface area contributed by atoms with Gasteiger partial charge in [-0.05, 0) is 109 Å². The van der Waals surface area contributed by atoms with Crippen LogP contribution in [0.4, 0.5) is 0 Å². The Labute approximate surface area is 198 Å². The standard InChI is InChI=1S/C32H34N/c1-20-6-5-7-21(2)31(20)27-11-12-28(22(3)16-27)32-29-13-10-25(19-26(29)14-15-33(32)4)30-18-23-8-9-24(30)17-23/h5-7,10-16,19,23-24,30H,8-9,17-18H2,1-4H3/q+1. The molecule has 2 fully saturated rings. The van der Waals surface area contributed by atoms with Crippen LogP contribution >= 0.6 is 0 Å². The summed E-state index contributed by atoms with van der Waals surface area (Å²) in [6, 6.07) is 23.2. The maximum atomic E-state index is 2.49. The molecule has 2 aliphatic carbocycles. The van der Waals surface area contributed by atoms with Gasteiger partial charge in [-0.2, -0.15) is 0 Å². The maximum absolute atomic E-state index is 2.49. The van der Waals surface area contributed by atoms with Gasteiger partial charge < -0.3 is 0 Å². The molecule has 1 nitrogen and oxygen atoms in total. The first-order valence-electron chi connectivity index (χ1n) is 12.6. The van der Waals surface area contributed by atoms with Crippen molar-refractivity contribution < 1.29 is 4.57 Å². The molecule has 1 aromatic heterocycles. The third-order valence-electron chi connectivity index (χ3n) is 8.58. The number of aryl methyl sites for hydroxylation is 4. The molecule has 0 saturated heterocycles. The first kappa shape index (κ1) is 20.7. The Morgan fingerprint density at radius 2 is 1.61 bits per heavy atom. The summed E-state index contributed by atoms with van der Waals surface area (Å²) in [4.78, 5) is 0. The van der Waals surface area contributed by atoms with Crippen LogP contribution in [0.25, 0.3) is 33.2 Å². The summed E-state index contributed by atoms with van der Waals surface area (Å²) in [6.45, 7) is 6.68. The van der Waals surface area contributed by atoms with Gasteiger partial charge in [-0.25, -0.2) is 4.57 Å². The van der Waals surface area contributed by atoms with Crippen LogP contribution in [0.15, 0.2) is 66.9 Å². The highest BCUT2D eigenvalue weighted by atomic mass is 14.9. The van der Waals surface area contributed by atoms with Crippen molar-refractivity contribution in [3.05, 3.63) is 89.1 Å². The lowest BCUT2D eigenvalue weighted by Gasteiger charge is -2.22. The number of benzene rings is 3. The second-order valence-electron chi connectivity index (χ2n) is 10.7. The zero-order valence-corrected chi connectivity index (χ0v) is 20.4. The van der Waals surface area contributed by atoms with Crippen molar-refractivity contribution >= 4 is 10.8 Å². The SMILES string of the molecule is Cc1cc(-c2c(C)cccc2C)ccc1-c1c2ccc(C3CC4CCC3C4)cc2cc[n+]1C. The normalized spacial score (nSPS) is 21.8. The number of rotatable bonds is 3. The van der Waals surface area contributed by atoms with Crippen LogP contribution in [0.1, 0.15) is 53.9 Å². The molecule has 0 aliphatic heterocycles. The van der Waals surface area contributed by atoms with E-state index in [1.165, 1.54) is 75.5 Å². The van der Waals surface area contributed by atoms with Crippen molar-refractivity contribution in [1.29, 1.82) is 0 Å². The van der Waals surface area contributed by atoms with Crippen LogP contribution < -0.4 is 4.57 Å². The van der Waals surface area contributed by atoms with Gasteiger partial charge in [0.05, 0.1) is 5.39 Å². The molecule has 3 aromatic carbocycles. The molecular formula is C32H34N+. The summed E-state index contributed by atoms with van der Waals surface area (Å²) in [5.74, 6) is 2.69. The monoisotopic (exact) mass is 432 g/mol. The number of pyridine rings is 1. The summed E-state index contributed by atoms with van der Waals surface area (Å²) in [5.41, 5.74) is 10.9. The van der Waals surface area contributed by atoms with Crippen molar-refractivity contribution in [3.63, 3.8) is 0 Å². The Balaban J connectivity index is 1.44.